The number of piperidine rings is 1. The number of nitrogens with one attached hydrogen (secondary N) is 2. The van der Waals surface area contributed by atoms with Gasteiger partial charge in [-0.3, -0.25) is 14.7 Å². The summed E-state index contributed by atoms with van der Waals surface area (Å²) >= 11 is 0. The van der Waals surface area contributed by atoms with Crippen LogP contribution in [-0.2, 0) is 4.79 Å². The second kappa shape index (κ2) is 9.25. The molecule has 2 aliphatic rings. The summed E-state index contributed by atoms with van der Waals surface area (Å²) in [5, 5.41) is 6.98. The van der Waals surface area contributed by atoms with Crippen LogP contribution in [0.5, 0.6) is 0 Å². The molecule has 0 aromatic carbocycles. The van der Waals surface area contributed by atoms with Crippen molar-refractivity contribution in [1.82, 2.24) is 20.4 Å². The molecule has 0 aromatic heterocycles. The summed E-state index contributed by atoms with van der Waals surface area (Å²) in [4.78, 5) is 21.0. The number of guanidine groups is 1. The summed E-state index contributed by atoms with van der Waals surface area (Å²) in [6.45, 7) is 11.1. The van der Waals surface area contributed by atoms with Crippen LogP contribution in [0.25, 0.3) is 0 Å². The molecule has 0 aromatic rings. The first-order valence-corrected chi connectivity index (χ1v) is 9.55. The second-order valence-corrected chi connectivity index (χ2v) is 7.30. The van der Waals surface area contributed by atoms with Crippen molar-refractivity contribution in [3.63, 3.8) is 0 Å². The maximum Gasteiger partial charge on any atom is 0.225 e. The molecule has 0 bridgehead atoms. The summed E-state index contributed by atoms with van der Waals surface area (Å²) in [5.74, 6) is 1.19. The highest BCUT2D eigenvalue weighted by Gasteiger charge is 2.28. The molecule has 2 atom stereocenters. The van der Waals surface area contributed by atoms with Crippen molar-refractivity contribution in [2.24, 2.45) is 10.9 Å². The average Bonchev–Trinajstić information content (AvgIpc) is 3.06. The number of hydrogen-bond donors (Lipinski definition) is 2. The maximum atomic E-state index is 12.1. The molecule has 2 heterocycles. The van der Waals surface area contributed by atoms with Gasteiger partial charge in [0.2, 0.25) is 5.91 Å². The molecule has 24 heavy (non-hydrogen) atoms. The number of rotatable bonds is 5. The minimum absolute atomic E-state index is 0.0764. The third-order valence-corrected chi connectivity index (χ3v) is 5.22. The topological polar surface area (TPSA) is 60.0 Å². The maximum absolute atomic E-state index is 12.1. The largest absolute Gasteiger partial charge is 0.355 e. The SMILES string of the molecule is CCN1CCCCC1CNC(=NC)NC1CCN(C(=O)C(C)C)C1. The Hall–Kier alpha value is -1.30. The fraction of sp³-hybridized carbons (Fsp3) is 0.889. The fourth-order valence-corrected chi connectivity index (χ4v) is 3.75. The molecule has 6 nitrogen and oxygen atoms in total. The number of amides is 1. The van der Waals surface area contributed by atoms with Gasteiger partial charge >= 0.3 is 0 Å². The van der Waals surface area contributed by atoms with Gasteiger partial charge < -0.3 is 15.5 Å². The lowest BCUT2D eigenvalue weighted by Gasteiger charge is -2.35. The summed E-state index contributed by atoms with van der Waals surface area (Å²) in [6, 6.07) is 0.900. The molecule has 6 heteroatoms. The molecular weight excluding hydrogens is 302 g/mol. The molecule has 2 rings (SSSR count). The van der Waals surface area contributed by atoms with Gasteiger partial charge in [-0.1, -0.05) is 27.2 Å². The summed E-state index contributed by atoms with van der Waals surface area (Å²) in [7, 11) is 1.82. The summed E-state index contributed by atoms with van der Waals surface area (Å²) < 4.78 is 0. The monoisotopic (exact) mass is 337 g/mol. The lowest BCUT2D eigenvalue weighted by molar-refractivity contribution is -0.133. The highest BCUT2D eigenvalue weighted by Crippen LogP contribution is 2.16. The molecule has 1 amide bonds. The number of likely N-dealkylation sites (tertiary alicyclic amines) is 2. The smallest absolute Gasteiger partial charge is 0.225 e. The van der Waals surface area contributed by atoms with E-state index in [-0.39, 0.29) is 11.8 Å². The van der Waals surface area contributed by atoms with Crippen LogP contribution in [0.4, 0.5) is 0 Å². The highest BCUT2D eigenvalue weighted by molar-refractivity contribution is 5.81. The zero-order valence-corrected chi connectivity index (χ0v) is 15.8. The Labute approximate surface area is 147 Å². The Balaban J connectivity index is 1.77. The Morgan fingerprint density at radius 2 is 2.04 bits per heavy atom. The predicted molar refractivity (Wildman–Crippen MR) is 99.2 cm³/mol. The molecule has 0 radical (unpaired) electrons. The van der Waals surface area contributed by atoms with E-state index in [1.54, 1.807) is 0 Å². The lowest BCUT2D eigenvalue weighted by Crippen LogP contribution is -2.51. The molecule has 2 aliphatic heterocycles. The van der Waals surface area contributed by atoms with Crippen LogP contribution >= 0.6 is 0 Å². The number of nitrogens with zero attached hydrogens (tertiary/aromatic N) is 3. The molecule has 0 saturated carbocycles. The molecule has 0 spiro atoms. The van der Waals surface area contributed by atoms with E-state index in [2.05, 4.69) is 27.4 Å². The molecular formula is C18H35N5O. The van der Waals surface area contributed by atoms with E-state index in [4.69, 9.17) is 0 Å². The molecule has 138 valence electrons. The van der Waals surface area contributed by atoms with E-state index in [0.29, 0.717) is 12.1 Å². The van der Waals surface area contributed by atoms with Crippen molar-refractivity contribution in [3.8, 4) is 0 Å². The van der Waals surface area contributed by atoms with Gasteiger partial charge in [0.05, 0.1) is 0 Å². The van der Waals surface area contributed by atoms with Gasteiger partial charge in [0, 0.05) is 44.7 Å². The zero-order chi connectivity index (χ0) is 17.5. The molecule has 2 N–H and O–H groups in total. The van der Waals surface area contributed by atoms with Crippen molar-refractivity contribution in [3.05, 3.63) is 0 Å². The number of aliphatic imine (C=N–C) groups is 1. The number of likely N-dealkylation sites (N-methyl/N-ethyl adjacent to an activating group) is 1. The van der Waals surface area contributed by atoms with Gasteiger partial charge in [0.25, 0.3) is 0 Å². The first-order chi connectivity index (χ1) is 11.5. The first-order valence-electron chi connectivity index (χ1n) is 9.55. The normalized spacial score (nSPS) is 26.0. The minimum Gasteiger partial charge on any atom is -0.355 e. The predicted octanol–water partition coefficient (Wildman–Crippen LogP) is 1.28. The molecule has 2 saturated heterocycles. The number of carbonyl (C=O) groups is 1. The van der Waals surface area contributed by atoms with E-state index < -0.39 is 0 Å². The second-order valence-electron chi connectivity index (χ2n) is 7.30. The van der Waals surface area contributed by atoms with Gasteiger partial charge in [0.1, 0.15) is 0 Å². The van der Waals surface area contributed by atoms with Crippen LogP contribution in [0.15, 0.2) is 4.99 Å². The average molecular weight is 338 g/mol. The highest BCUT2D eigenvalue weighted by atomic mass is 16.2. The van der Waals surface area contributed by atoms with Crippen LogP contribution in [0.1, 0.15) is 46.5 Å². The van der Waals surface area contributed by atoms with E-state index in [1.807, 2.05) is 25.8 Å². The van der Waals surface area contributed by atoms with Gasteiger partial charge in [-0.05, 0) is 32.4 Å². The van der Waals surface area contributed by atoms with Gasteiger partial charge in [-0.2, -0.15) is 0 Å². The van der Waals surface area contributed by atoms with Crippen LogP contribution in [0, 0.1) is 5.92 Å². The van der Waals surface area contributed by atoms with Crippen molar-refractivity contribution < 1.29 is 4.79 Å². The van der Waals surface area contributed by atoms with E-state index in [9.17, 15) is 4.79 Å². The lowest BCUT2D eigenvalue weighted by atomic mass is 10.0. The molecule has 0 aliphatic carbocycles. The van der Waals surface area contributed by atoms with Crippen LogP contribution < -0.4 is 10.6 Å². The van der Waals surface area contributed by atoms with E-state index in [0.717, 1.165) is 38.6 Å². The van der Waals surface area contributed by atoms with Crippen LogP contribution in [0.3, 0.4) is 0 Å². The standard InChI is InChI=1S/C18H35N5O/c1-5-22-10-7-6-8-16(22)12-20-18(19-4)21-15-9-11-23(13-15)17(24)14(2)3/h14-16H,5-13H2,1-4H3,(H2,19,20,21). The number of carbonyl (C=O) groups excluding carboxylic acids is 1. The first kappa shape index (κ1) is 19.0. The summed E-state index contributed by atoms with van der Waals surface area (Å²) in [6.07, 6.45) is 4.89. The number of hydrogen-bond acceptors (Lipinski definition) is 3. The Morgan fingerprint density at radius 1 is 1.25 bits per heavy atom. The quantitative estimate of drug-likeness (QED) is 0.586. The van der Waals surface area contributed by atoms with Gasteiger partial charge in [0.15, 0.2) is 5.96 Å². The Bertz CT molecular complexity index is 437. The van der Waals surface area contributed by atoms with E-state index >= 15 is 0 Å². The van der Waals surface area contributed by atoms with Crippen molar-refractivity contribution in [2.75, 3.05) is 39.8 Å². The van der Waals surface area contributed by atoms with E-state index in [1.165, 1.54) is 25.8 Å². The van der Waals surface area contributed by atoms with Crippen molar-refractivity contribution in [2.45, 2.75) is 58.5 Å². The Morgan fingerprint density at radius 3 is 2.71 bits per heavy atom. The summed E-state index contributed by atoms with van der Waals surface area (Å²) in [5.41, 5.74) is 0. The third kappa shape index (κ3) is 5.10. The molecule has 2 fully saturated rings. The van der Waals surface area contributed by atoms with Crippen LogP contribution in [0.2, 0.25) is 0 Å². The van der Waals surface area contributed by atoms with Gasteiger partial charge in [-0.15, -0.1) is 0 Å². The Kier molecular flexibility index (Phi) is 7.34. The van der Waals surface area contributed by atoms with Crippen molar-refractivity contribution >= 4 is 11.9 Å². The fourth-order valence-electron chi connectivity index (χ4n) is 3.75. The van der Waals surface area contributed by atoms with Crippen molar-refractivity contribution in [1.29, 1.82) is 0 Å². The minimum atomic E-state index is 0.0764. The van der Waals surface area contributed by atoms with Gasteiger partial charge in [-0.25, -0.2) is 0 Å². The van der Waals surface area contributed by atoms with Crippen LogP contribution in [-0.4, -0.2) is 73.5 Å². The zero-order valence-electron chi connectivity index (χ0n) is 15.8. The molecule has 2 unspecified atom stereocenters. The third-order valence-electron chi connectivity index (χ3n) is 5.22.